The molecule has 0 amide bonds. The van der Waals surface area contributed by atoms with Crippen LogP contribution in [0.15, 0.2) is 71.1 Å². The third kappa shape index (κ3) is 2.10. The first-order chi connectivity index (χ1) is 10.7. The largest absolute Gasteiger partial charge is 0.456 e. The van der Waals surface area contributed by atoms with E-state index in [0.29, 0.717) is 5.92 Å². The van der Waals surface area contributed by atoms with Gasteiger partial charge >= 0.3 is 0 Å². The van der Waals surface area contributed by atoms with Crippen molar-refractivity contribution in [1.29, 1.82) is 0 Å². The van der Waals surface area contributed by atoms with Gasteiger partial charge in [-0.1, -0.05) is 62.4 Å². The number of rotatable bonds is 2. The molecule has 1 heteroatoms. The Bertz CT molecular complexity index is 960. The van der Waals surface area contributed by atoms with Crippen LogP contribution in [0, 0.1) is 0 Å². The van der Waals surface area contributed by atoms with Gasteiger partial charge in [-0.15, -0.1) is 0 Å². The number of fused-ring (bicyclic) bond motifs is 3. The number of benzene rings is 3. The van der Waals surface area contributed by atoms with Crippen LogP contribution in [0.4, 0.5) is 0 Å². The minimum Gasteiger partial charge on any atom is -0.456 e. The van der Waals surface area contributed by atoms with Gasteiger partial charge in [-0.2, -0.15) is 0 Å². The molecule has 0 N–H and O–H groups in total. The maximum atomic E-state index is 5.99. The molecule has 0 unspecified atom stereocenters. The molecule has 0 atom stereocenters. The Morgan fingerprint density at radius 2 is 1.45 bits per heavy atom. The standard InChI is InChI=1S/C21H18O/c1-14(2)15-6-5-7-16(12-15)17-10-11-19-18-8-3-4-9-20(18)22-21(19)13-17/h3-14H,1-2H3. The molecule has 0 fully saturated rings. The average molecular weight is 286 g/mol. The highest BCUT2D eigenvalue weighted by molar-refractivity contribution is 6.05. The topological polar surface area (TPSA) is 13.1 Å². The molecular weight excluding hydrogens is 268 g/mol. The number of para-hydroxylation sites is 1. The lowest BCUT2D eigenvalue weighted by atomic mass is 9.97. The fraction of sp³-hybridized carbons (Fsp3) is 0.143. The Balaban J connectivity index is 1.89. The highest BCUT2D eigenvalue weighted by Crippen LogP contribution is 2.32. The van der Waals surface area contributed by atoms with E-state index in [4.69, 9.17) is 4.42 Å². The number of hydrogen-bond acceptors (Lipinski definition) is 1. The first-order valence-electron chi connectivity index (χ1n) is 7.74. The summed E-state index contributed by atoms with van der Waals surface area (Å²) in [4.78, 5) is 0. The molecule has 0 aliphatic rings. The van der Waals surface area contributed by atoms with Crippen LogP contribution >= 0.6 is 0 Å². The molecule has 22 heavy (non-hydrogen) atoms. The lowest BCUT2D eigenvalue weighted by molar-refractivity contribution is 0.669. The summed E-state index contributed by atoms with van der Waals surface area (Å²) in [6, 6.07) is 23.5. The van der Waals surface area contributed by atoms with Crippen LogP contribution < -0.4 is 0 Å². The predicted octanol–water partition coefficient (Wildman–Crippen LogP) is 6.38. The summed E-state index contributed by atoms with van der Waals surface area (Å²) < 4.78 is 5.99. The summed E-state index contributed by atoms with van der Waals surface area (Å²) in [6.07, 6.45) is 0. The van der Waals surface area contributed by atoms with Gasteiger partial charge in [0.2, 0.25) is 0 Å². The Hall–Kier alpha value is -2.54. The zero-order valence-corrected chi connectivity index (χ0v) is 12.8. The van der Waals surface area contributed by atoms with Gasteiger partial charge < -0.3 is 4.42 Å². The van der Waals surface area contributed by atoms with E-state index >= 15 is 0 Å². The Morgan fingerprint density at radius 1 is 0.682 bits per heavy atom. The van der Waals surface area contributed by atoms with Crippen LogP contribution in [-0.2, 0) is 0 Å². The molecule has 1 aromatic heterocycles. The number of furan rings is 1. The Kier molecular flexibility index (Phi) is 3.00. The van der Waals surface area contributed by atoms with Crippen molar-refractivity contribution in [3.63, 3.8) is 0 Å². The SMILES string of the molecule is CC(C)c1cccc(-c2ccc3c(c2)oc2ccccc23)c1. The molecule has 0 aliphatic heterocycles. The monoisotopic (exact) mass is 286 g/mol. The Labute approximate surface area is 130 Å². The van der Waals surface area contributed by atoms with Crippen molar-refractivity contribution in [2.24, 2.45) is 0 Å². The van der Waals surface area contributed by atoms with Crippen molar-refractivity contribution in [1.82, 2.24) is 0 Å². The van der Waals surface area contributed by atoms with Gasteiger partial charge in [0.1, 0.15) is 11.2 Å². The fourth-order valence-corrected chi connectivity index (χ4v) is 2.98. The third-order valence-corrected chi connectivity index (χ3v) is 4.27. The molecule has 0 radical (unpaired) electrons. The summed E-state index contributed by atoms with van der Waals surface area (Å²) in [5.41, 5.74) is 5.71. The maximum absolute atomic E-state index is 5.99. The highest BCUT2D eigenvalue weighted by Gasteiger charge is 2.08. The highest BCUT2D eigenvalue weighted by atomic mass is 16.3. The summed E-state index contributed by atoms with van der Waals surface area (Å²) in [7, 11) is 0. The molecular formula is C21H18O. The summed E-state index contributed by atoms with van der Waals surface area (Å²) >= 11 is 0. The number of hydrogen-bond donors (Lipinski definition) is 0. The second-order valence-electron chi connectivity index (χ2n) is 6.09. The van der Waals surface area contributed by atoms with Crippen LogP contribution in [0.2, 0.25) is 0 Å². The van der Waals surface area contributed by atoms with Crippen molar-refractivity contribution >= 4 is 21.9 Å². The van der Waals surface area contributed by atoms with Crippen molar-refractivity contribution in [2.45, 2.75) is 19.8 Å². The van der Waals surface area contributed by atoms with E-state index in [9.17, 15) is 0 Å². The average Bonchev–Trinajstić information content (AvgIpc) is 2.92. The van der Waals surface area contributed by atoms with E-state index in [-0.39, 0.29) is 0 Å². The summed E-state index contributed by atoms with van der Waals surface area (Å²) in [6.45, 7) is 4.45. The lowest BCUT2D eigenvalue weighted by Crippen LogP contribution is -1.87. The van der Waals surface area contributed by atoms with E-state index in [1.807, 2.05) is 12.1 Å². The second kappa shape index (κ2) is 5.03. The van der Waals surface area contributed by atoms with Crippen LogP contribution in [0.3, 0.4) is 0 Å². The molecule has 3 aromatic carbocycles. The van der Waals surface area contributed by atoms with Gasteiger partial charge in [0, 0.05) is 10.8 Å². The van der Waals surface area contributed by atoms with Gasteiger partial charge in [-0.25, -0.2) is 0 Å². The molecule has 0 spiro atoms. The van der Waals surface area contributed by atoms with E-state index in [1.165, 1.54) is 27.5 Å². The van der Waals surface area contributed by atoms with Crippen molar-refractivity contribution in [3.05, 3.63) is 72.3 Å². The first-order valence-corrected chi connectivity index (χ1v) is 7.74. The van der Waals surface area contributed by atoms with Gasteiger partial charge in [0.25, 0.3) is 0 Å². The quantitative estimate of drug-likeness (QED) is 0.417. The minimum atomic E-state index is 0.537. The molecule has 108 valence electrons. The molecule has 0 aliphatic carbocycles. The van der Waals surface area contributed by atoms with E-state index in [2.05, 4.69) is 68.4 Å². The fourth-order valence-electron chi connectivity index (χ4n) is 2.98. The van der Waals surface area contributed by atoms with Gasteiger partial charge in [-0.3, -0.25) is 0 Å². The molecule has 0 bridgehead atoms. The van der Waals surface area contributed by atoms with Crippen LogP contribution in [0.25, 0.3) is 33.1 Å². The minimum absolute atomic E-state index is 0.537. The van der Waals surface area contributed by atoms with Crippen LogP contribution in [0.1, 0.15) is 25.3 Å². The van der Waals surface area contributed by atoms with Crippen molar-refractivity contribution in [2.75, 3.05) is 0 Å². The lowest BCUT2D eigenvalue weighted by Gasteiger charge is -2.08. The summed E-state index contributed by atoms with van der Waals surface area (Å²) in [5, 5.41) is 2.36. The molecule has 4 rings (SSSR count). The second-order valence-corrected chi connectivity index (χ2v) is 6.09. The van der Waals surface area contributed by atoms with E-state index in [1.54, 1.807) is 0 Å². The van der Waals surface area contributed by atoms with Crippen molar-refractivity contribution in [3.8, 4) is 11.1 Å². The smallest absolute Gasteiger partial charge is 0.136 e. The molecule has 0 saturated carbocycles. The van der Waals surface area contributed by atoms with Crippen molar-refractivity contribution < 1.29 is 4.42 Å². The molecule has 4 aromatic rings. The van der Waals surface area contributed by atoms with Crippen LogP contribution in [-0.4, -0.2) is 0 Å². The zero-order chi connectivity index (χ0) is 15.1. The third-order valence-electron chi connectivity index (χ3n) is 4.27. The normalized spacial score (nSPS) is 11.6. The van der Waals surface area contributed by atoms with Crippen LogP contribution in [0.5, 0.6) is 0 Å². The Morgan fingerprint density at radius 3 is 2.32 bits per heavy atom. The first kappa shape index (κ1) is 13.1. The van der Waals surface area contributed by atoms with Gasteiger partial charge in [0.05, 0.1) is 0 Å². The molecule has 0 saturated heterocycles. The zero-order valence-electron chi connectivity index (χ0n) is 12.8. The van der Waals surface area contributed by atoms with Gasteiger partial charge in [0.15, 0.2) is 0 Å². The predicted molar refractivity (Wildman–Crippen MR) is 93.2 cm³/mol. The van der Waals surface area contributed by atoms with E-state index < -0.39 is 0 Å². The van der Waals surface area contributed by atoms with E-state index in [0.717, 1.165) is 11.2 Å². The van der Waals surface area contributed by atoms with Gasteiger partial charge in [-0.05, 0) is 40.8 Å². The summed E-state index contributed by atoms with van der Waals surface area (Å²) in [5.74, 6) is 0.537. The molecule has 1 nitrogen and oxygen atoms in total. The molecule has 1 heterocycles. The maximum Gasteiger partial charge on any atom is 0.136 e.